The summed E-state index contributed by atoms with van der Waals surface area (Å²) < 4.78 is 7.55. The molecule has 0 radical (unpaired) electrons. The van der Waals surface area contributed by atoms with Gasteiger partial charge < -0.3 is 14.3 Å². The highest BCUT2D eigenvalue weighted by molar-refractivity contribution is 6.02. The van der Waals surface area contributed by atoms with E-state index in [0.717, 1.165) is 39.4 Å². The van der Waals surface area contributed by atoms with Crippen molar-refractivity contribution in [2.75, 3.05) is 5.32 Å². The molecule has 0 bridgehead atoms. The summed E-state index contributed by atoms with van der Waals surface area (Å²) in [5.41, 5.74) is 4.13. The highest BCUT2D eigenvalue weighted by Crippen LogP contribution is 2.35. The maximum atomic E-state index is 5.45. The molecule has 0 atom stereocenters. The van der Waals surface area contributed by atoms with Gasteiger partial charge >= 0.3 is 0 Å². The van der Waals surface area contributed by atoms with Gasteiger partial charge in [-0.1, -0.05) is 48.5 Å². The Morgan fingerprint density at radius 2 is 1.64 bits per heavy atom. The molecule has 0 saturated heterocycles. The first-order valence-electron chi connectivity index (χ1n) is 9.13. The molecule has 0 aliphatic carbocycles. The fraction of sp³-hybridized carbons (Fsp3) is 0.0435. The molecule has 136 valence electrons. The largest absolute Gasteiger partial charge is 0.467 e. The molecule has 0 unspecified atom stereocenters. The van der Waals surface area contributed by atoms with Crippen LogP contribution in [0.15, 0.2) is 96.0 Å². The second-order valence-corrected chi connectivity index (χ2v) is 6.47. The second-order valence-electron chi connectivity index (χ2n) is 6.47. The lowest BCUT2D eigenvalue weighted by Crippen LogP contribution is -2.02. The minimum Gasteiger partial charge on any atom is -0.467 e. The van der Waals surface area contributed by atoms with Crippen LogP contribution in [0.25, 0.3) is 27.8 Å². The predicted octanol–water partition coefficient (Wildman–Crippen LogP) is 5.29. The first kappa shape index (κ1) is 16.3. The minimum atomic E-state index is 0.559. The Kier molecular flexibility index (Phi) is 4.10. The van der Waals surface area contributed by atoms with Crippen LogP contribution in [0.5, 0.6) is 0 Å². The molecule has 0 aliphatic rings. The van der Waals surface area contributed by atoms with Crippen LogP contribution in [0.2, 0.25) is 0 Å². The van der Waals surface area contributed by atoms with E-state index in [1.54, 1.807) is 12.6 Å². The second kappa shape index (κ2) is 7.04. The molecule has 2 aromatic carbocycles. The molecule has 0 saturated carbocycles. The number of hydrogen-bond acceptors (Lipinski definition) is 4. The zero-order valence-electron chi connectivity index (χ0n) is 15.1. The zero-order chi connectivity index (χ0) is 18.8. The van der Waals surface area contributed by atoms with Crippen molar-refractivity contribution in [3.8, 4) is 16.8 Å². The molecule has 1 N–H and O–H groups in total. The Balaban J connectivity index is 1.69. The van der Waals surface area contributed by atoms with Crippen molar-refractivity contribution < 1.29 is 4.42 Å². The quantitative estimate of drug-likeness (QED) is 0.459. The van der Waals surface area contributed by atoms with Gasteiger partial charge in [0.1, 0.15) is 17.9 Å². The average molecular weight is 366 g/mol. The van der Waals surface area contributed by atoms with Crippen molar-refractivity contribution in [2.45, 2.75) is 6.54 Å². The van der Waals surface area contributed by atoms with Gasteiger partial charge in [0.25, 0.3) is 0 Å². The summed E-state index contributed by atoms with van der Waals surface area (Å²) in [6.07, 6.45) is 5.40. The van der Waals surface area contributed by atoms with Gasteiger partial charge in [-0.2, -0.15) is 0 Å². The number of rotatable bonds is 5. The molecule has 0 amide bonds. The van der Waals surface area contributed by atoms with Crippen molar-refractivity contribution >= 4 is 16.9 Å². The number of nitrogens with one attached hydrogen (secondary N) is 1. The Morgan fingerprint density at radius 1 is 0.857 bits per heavy atom. The van der Waals surface area contributed by atoms with Crippen LogP contribution < -0.4 is 5.32 Å². The number of furan rings is 1. The van der Waals surface area contributed by atoms with Gasteiger partial charge in [-0.15, -0.1) is 0 Å². The van der Waals surface area contributed by atoms with Crippen LogP contribution in [0.3, 0.4) is 0 Å². The number of anilines is 1. The lowest BCUT2D eigenvalue weighted by molar-refractivity contribution is 0.518. The Labute approximate surface area is 162 Å². The number of hydrogen-bond donors (Lipinski definition) is 1. The van der Waals surface area contributed by atoms with Crippen LogP contribution in [0.1, 0.15) is 5.76 Å². The molecule has 5 aromatic rings. The molecule has 3 heterocycles. The van der Waals surface area contributed by atoms with Crippen LogP contribution in [0.4, 0.5) is 5.82 Å². The molecule has 5 heteroatoms. The molecule has 0 spiro atoms. The Morgan fingerprint density at radius 3 is 2.39 bits per heavy atom. The van der Waals surface area contributed by atoms with E-state index in [-0.39, 0.29) is 0 Å². The summed E-state index contributed by atoms with van der Waals surface area (Å²) in [5.74, 6) is 1.64. The van der Waals surface area contributed by atoms with Crippen molar-refractivity contribution in [3.63, 3.8) is 0 Å². The summed E-state index contributed by atoms with van der Waals surface area (Å²) in [6.45, 7) is 0.559. The van der Waals surface area contributed by atoms with Gasteiger partial charge in [-0.25, -0.2) is 9.97 Å². The van der Waals surface area contributed by atoms with Crippen molar-refractivity contribution in [1.82, 2.24) is 14.5 Å². The van der Waals surface area contributed by atoms with E-state index >= 15 is 0 Å². The molecule has 0 aliphatic heterocycles. The van der Waals surface area contributed by atoms with Crippen LogP contribution in [0, 0.1) is 0 Å². The van der Waals surface area contributed by atoms with Gasteiger partial charge in [-0.05, 0) is 29.8 Å². The van der Waals surface area contributed by atoms with E-state index in [9.17, 15) is 0 Å². The number of para-hydroxylation sites is 1. The number of fused-ring (bicyclic) bond motifs is 1. The van der Waals surface area contributed by atoms with Crippen LogP contribution >= 0.6 is 0 Å². The van der Waals surface area contributed by atoms with E-state index in [2.05, 4.69) is 50.3 Å². The third-order valence-corrected chi connectivity index (χ3v) is 4.71. The van der Waals surface area contributed by atoms with Crippen molar-refractivity contribution in [2.24, 2.45) is 0 Å². The average Bonchev–Trinajstić information content (AvgIpc) is 3.42. The lowest BCUT2D eigenvalue weighted by atomic mass is 10.1. The third kappa shape index (κ3) is 2.93. The minimum absolute atomic E-state index is 0.559. The normalized spacial score (nSPS) is 11.0. The lowest BCUT2D eigenvalue weighted by Gasteiger charge is -2.08. The number of aromatic nitrogens is 3. The van der Waals surface area contributed by atoms with E-state index in [0.29, 0.717) is 6.54 Å². The summed E-state index contributed by atoms with van der Waals surface area (Å²) in [6, 6.07) is 24.4. The molecule has 5 rings (SSSR count). The summed E-state index contributed by atoms with van der Waals surface area (Å²) in [7, 11) is 0. The smallest absolute Gasteiger partial charge is 0.150 e. The summed E-state index contributed by atoms with van der Waals surface area (Å²) in [5, 5.41) is 4.40. The van der Waals surface area contributed by atoms with E-state index in [1.807, 2.05) is 48.5 Å². The molecule has 0 fully saturated rings. The number of nitrogens with zero attached hydrogens (tertiary/aromatic N) is 3. The standard InChI is InChI=1S/C23H18N4O/c1-3-8-17(9-4-1)20-15-27(18-10-5-2-6-11-18)23-21(20)22(25-16-26-23)24-14-19-12-7-13-28-19/h1-13,15-16H,14H2,(H,24,25,26). The molecule has 28 heavy (non-hydrogen) atoms. The molecular weight excluding hydrogens is 348 g/mol. The van der Waals surface area contributed by atoms with Gasteiger partial charge in [0.2, 0.25) is 0 Å². The predicted molar refractivity (Wildman–Crippen MR) is 110 cm³/mol. The molecular formula is C23H18N4O. The van der Waals surface area contributed by atoms with Gasteiger partial charge in [0.15, 0.2) is 5.65 Å². The van der Waals surface area contributed by atoms with E-state index < -0.39 is 0 Å². The fourth-order valence-electron chi connectivity index (χ4n) is 3.40. The van der Waals surface area contributed by atoms with Crippen LogP contribution in [-0.4, -0.2) is 14.5 Å². The zero-order valence-corrected chi connectivity index (χ0v) is 15.1. The van der Waals surface area contributed by atoms with Crippen LogP contribution in [-0.2, 0) is 6.54 Å². The third-order valence-electron chi connectivity index (χ3n) is 4.71. The maximum absolute atomic E-state index is 5.45. The highest BCUT2D eigenvalue weighted by atomic mass is 16.3. The summed E-state index contributed by atoms with van der Waals surface area (Å²) >= 11 is 0. The molecule has 5 nitrogen and oxygen atoms in total. The summed E-state index contributed by atoms with van der Waals surface area (Å²) in [4.78, 5) is 9.12. The molecule has 3 aromatic heterocycles. The Bertz CT molecular complexity index is 1200. The van der Waals surface area contributed by atoms with Crippen molar-refractivity contribution in [1.29, 1.82) is 0 Å². The van der Waals surface area contributed by atoms with E-state index in [4.69, 9.17) is 4.42 Å². The van der Waals surface area contributed by atoms with Gasteiger partial charge in [-0.3, -0.25) is 0 Å². The Hall–Kier alpha value is -3.86. The monoisotopic (exact) mass is 366 g/mol. The first-order chi connectivity index (χ1) is 13.9. The van der Waals surface area contributed by atoms with Gasteiger partial charge in [0, 0.05) is 17.4 Å². The van der Waals surface area contributed by atoms with Gasteiger partial charge in [0.05, 0.1) is 18.2 Å². The SMILES string of the molecule is c1ccc(-c2cn(-c3ccccc3)c3ncnc(NCc4ccco4)c23)cc1. The van der Waals surface area contributed by atoms with E-state index in [1.165, 1.54) is 0 Å². The van der Waals surface area contributed by atoms with Crippen molar-refractivity contribution in [3.05, 3.63) is 97.3 Å². The topological polar surface area (TPSA) is 55.9 Å². The first-order valence-corrected chi connectivity index (χ1v) is 9.13. The number of benzene rings is 2. The maximum Gasteiger partial charge on any atom is 0.150 e. The fourth-order valence-corrected chi connectivity index (χ4v) is 3.40. The highest BCUT2D eigenvalue weighted by Gasteiger charge is 2.17.